The molecule has 1 aromatic carbocycles. The highest BCUT2D eigenvalue weighted by atomic mass is 16.5. The number of rotatable bonds is 5. The average molecular weight is 287 g/mol. The fourth-order valence-electron chi connectivity index (χ4n) is 2.77. The minimum Gasteiger partial charge on any atom is -0.493 e. The van der Waals surface area contributed by atoms with E-state index in [1.165, 1.54) is 4.90 Å². The topological polar surface area (TPSA) is 55.8 Å². The molecule has 0 bridgehead atoms. The normalized spacial score (nSPS) is 23.0. The molecule has 5 nitrogen and oxygen atoms in total. The molecule has 2 atom stereocenters. The summed E-state index contributed by atoms with van der Waals surface area (Å²) in [6.07, 6.45) is 4.22. The number of fused-ring (bicyclic) bond motifs is 1. The van der Waals surface area contributed by atoms with Crippen molar-refractivity contribution in [1.82, 2.24) is 4.90 Å². The predicted molar refractivity (Wildman–Crippen MR) is 76.1 cm³/mol. The molecule has 0 spiro atoms. The summed E-state index contributed by atoms with van der Waals surface area (Å²) < 4.78 is 10.4. The molecule has 0 radical (unpaired) electrons. The molecule has 2 amide bonds. The lowest BCUT2D eigenvalue weighted by atomic mass is 9.85. The molecule has 1 fully saturated rings. The van der Waals surface area contributed by atoms with Crippen molar-refractivity contribution in [2.24, 2.45) is 11.8 Å². The van der Waals surface area contributed by atoms with Crippen molar-refractivity contribution < 1.29 is 19.1 Å². The van der Waals surface area contributed by atoms with Crippen LogP contribution in [0.4, 0.5) is 0 Å². The van der Waals surface area contributed by atoms with Gasteiger partial charge in [-0.2, -0.15) is 0 Å². The maximum Gasteiger partial charge on any atom is 0.237 e. The van der Waals surface area contributed by atoms with Gasteiger partial charge >= 0.3 is 0 Å². The van der Waals surface area contributed by atoms with E-state index in [1.807, 2.05) is 18.2 Å². The zero-order valence-corrected chi connectivity index (χ0v) is 12.0. The third-order valence-corrected chi connectivity index (χ3v) is 4.09. The number of methoxy groups -OCH3 is 2. The smallest absolute Gasteiger partial charge is 0.237 e. The molecule has 2 aliphatic rings. The van der Waals surface area contributed by atoms with Gasteiger partial charge in [0.15, 0.2) is 11.5 Å². The number of nitrogens with zero attached hydrogens (tertiary/aromatic N) is 1. The van der Waals surface area contributed by atoms with Gasteiger partial charge in [0.25, 0.3) is 0 Å². The highest BCUT2D eigenvalue weighted by Crippen LogP contribution is 2.36. The lowest BCUT2D eigenvalue weighted by Gasteiger charge is -2.15. The highest BCUT2D eigenvalue weighted by molar-refractivity contribution is 6.08. The zero-order valence-electron chi connectivity index (χ0n) is 12.0. The summed E-state index contributed by atoms with van der Waals surface area (Å²) >= 11 is 0. The number of benzene rings is 1. The summed E-state index contributed by atoms with van der Waals surface area (Å²) in [7, 11) is 3.17. The third kappa shape index (κ3) is 2.18. The van der Waals surface area contributed by atoms with E-state index in [1.54, 1.807) is 26.4 Å². The Bertz CT molecular complexity index is 599. The molecule has 0 aromatic heterocycles. The van der Waals surface area contributed by atoms with Crippen LogP contribution in [0.3, 0.4) is 0 Å². The Kier molecular flexibility index (Phi) is 3.41. The molecule has 0 saturated carbocycles. The van der Waals surface area contributed by atoms with Crippen LogP contribution in [0.15, 0.2) is 30.4 Å². The summed E-state index contributed by atoms with van der Waals surface area (Å²) in [5.74, 6) is 0.722. The number of carbonyl (C=O) groups is 2. The molecule has 0 N–H and O–H groups in total. The Balaban J connectivity index is 1.68. The summed E-state index contributed by atoms with van der Waals surface area (Å²) in [5, 5.41) is 0. The maximum absolute atomic E-state index is 12.0. The second kappa shape index (κ2) is 5.24. The molecule has 1 aliphatic carbocycles. The van der Waals surface area contributed by atoms with Gasteiger partial charge in [0, 0.05) is 6.54 Å². The molecule has 1 heterocycles. The van der Waals surface area contributed by atoms with Crippen molar-refractivity contribution in [1.29, 1.82) is 0 Å². The van der Waals surface area contributed by atoms with Gasteiger partial charge in [0.2, 0.25) is 11.8 Å². The van der Waals surface area contributed by atoms with Gasteiger partial charge in [0.05, 0.1) is 26.1 Å². The van der Waals surface area contributed by atoms with Crippen molar-refractivity contribution in [2.75, 3.05) is 20.8 Å². The first-order valence-electron chi connectivity index (χ1n) is 6.90. The predicted octanol–water partition coefficient (Wildman–Crippen LogP) is 1.42. The largest absolute Gasteiger partial charge is 0.493 e. The molecule has 1 aromatic rings. The molecule has 3 rings (SSSR count). The van der Waals surface area contributed by atoms with E-state index >= 15 is 0 Å². The second-order valence-corrected chi connectivity index (χ2v) is 5.20. The van der Waals surface area contributed by atoms with Crippen molar-refractivity contribution in [2.45, 2.75) is 6.42 Å². The molecule has 1 aliphatic heterocycles. The number of hydrogen-bond acceptors (Lipinski definition) is 4. The van der Waals surface area contributed by atoms with Gasteiger partial charge in [-0.3, -0.25) is 14.5 Å². The number of carbonyl (C=O) groups excluding carboxylic acids is 2. The molecular weight excluding hydrogens is 270 g/mol. The molecule has 21 heavy (non-hydrogen) atoms. The van der Waals surface area contributed by atoms with Gasteiger partial charge in [-0.25, -0.2) is 0 Å². The Morgan fingerprint density at radius 3 is 2.14 bits per heavy atom. The quantitative estimate of drug-likeness (QED) is 0.607. The van der Waals surface area contributed by atoms with Crippen LogP contribution in [0, 0.1) is 11.8 Å². The van der Waals surface area contributed by atoms with E-state index in [4.69, 9.17) is 9.47 Å². The summed E-state index contributed by atoms with van der Waals surface area (Å²) in [4.78, 5) is 25.4. The van der Waals surface area contributed by atoms with Crippen LogP contribution in [0.2, 0.25) is 0 Å². The number of ether oxygens (including phenoxy) is 2. The Morgan fingerprint density at radius 2 is 1.62 bits per heavy atom. The number of likely N-dealkylation sites (tertiary alicyclic amines) is 1. The minimum atomic E-state index is -0.220. The van der Waals surface area contributed by atoms with Crippen LogP contribution in [-0.4, -0.2) is 37.5 Å². The fraction of sp³-hybridized carbons (Fsp3) is 0.375. The van der Waals surface area contributed by atoms with Crippen LogP contribution >= 0.6 is 0 Å². The molecule has 110 valence electrons. The molecule has 0 unspecified atom stereocenters. The maximum atomic E-state index is 12.0. The van der Waals surface area contributed by atoms with E-state index < -0.39 is 0 Å². The highest BCUT2D eigenvalue weighted by Gasteiger charge is 2.48. The van der Waals surface area contributed by atoms with Crippen LogP contribution in [0.1, 0.15) is 5.56 Å². The van der Waals surface area contributed by atoms with E-state index in [2.05, 4.69) is 0 Å². The van der Waals surface area contributed by atoms with Crippen molar-refractivity contribution >= 4 is 11.8 Å². The van der Waals surface area contributed by atoms with Crippen LogP contribution in [-0.2, 0) is 16.0 Å². The molecule has 1 saturated heterocycles. The Hall–Kier alpha value is -2.30. The number of imide groups is 1. The standard InChI is InChI=1S/C16H17NO4/c1-20-13-6-3-10(9-14(13)21-2)7-8-17-15(18)11-4-5-12(11)16(17)19/h3-6,9,11-12H,7-8H2,1-2H3/t11-,12+. The lowest BCUT2D eigenvalue weighted by molar-refractivity contribution is -0.139. The first kappa shape index (κ1) is 13.7. The van der Waals surface area contributed by atoms with Crippen LogP contribution in [0.5, 0.6) is 11.5 Å². The van der Waals surface area contributed by atoms with Crippen LogP contribution < -0.4 is 9.47 Å². The second-order valence-electron chi connectivity index (χ2n) is 5.20. The van der Waals surface area contributed by atoms with Gasteiger partial charge in [-0.05, 0) is 24.1 Å². The zero-order chi connectivity index (χ0) is 15.0. The van der Waals surface area contributed by atoms with Crippen molar-refractivity contribution in [3.05, 3.63) is 35.9 Å². The van der Waals surface area contributed by atoms with E-state index in [0.29, 0.717) is 24.5 Å². The van der Waals surface area contributed by atoms with E-state index in [-0.39, 0.29) is 23.7 Å². The third-order valence-electron chi connectivity index (χ3n) is 4.09. The monoisotopic (exact) mass is 287 g/mol. The minimum absolute atomic E-state index is 0.0759. The van der Waals surface area contributed by atoms with Crippen molar-refractivity contribution in [3.63, 3.8) is 0 Å². The number of hydrogen-bond donors (Lipinski definition) is 0. The summed E-state index contributed by atoms with van der Waals surface area (Å²) in [5.41, 5.74) is 1.00. The Morgan fingerprint density at radius 1 is 1.00 bits per heavy atom. The van der Waals surface area contributed by atoms with E-state index in [0.717, 1.165) is 5.56 Å². The van der Waals surface area contributed by atoms with Gasteiger partial charge in [0.1, 0.15) is 0 Å². The summed E-state index contributed by atoms with van der Waals surface area (Å²) in [6.45, 7) is 0.405. The summed E-state index contributed by atoms with van der Waals surface area (Å²) in [6, 6.07) is 5.61. The number of amides is 2. The first-order chi connectivity index (χ1) is 10.2. The lowest BCUT2D eigenvalue weighted by Crippen LogP contribution is -2.32. The molecular formula is C16H17NO4. The van der Waals surface area contributed by atoms with Crippen LogP contribution in [0.25, 0.3) is 0 Å². The van der Waals surface area contributed by atoms with Gasteiger partial charge in [-0.15, -0.1) is 0 Å². The average Bonchev–Trinajstić information content (AvgIpc) is 2.61. The van der Waals surface area contributed by atoms with Gasteiger partial charge in [-0.1, -0.05) is 18.2 Å². The fourth-order valence-corrected chi connectivity index (χ4v) is 2.77. The van der Waals surface area contributed by atoms with E-state index in [9.17, 15) is 9.59 Å². The first-order valence-corrected chi connectivity index (χ1v) is 6.90. The van der Waals surface area contributed by atoms with Gasteiger partial charge < -0.3 is 9.47 Å². The Labute approximate surface area is 123 Å². The van der Waals surface area contributed by atoms with Crippen molar-refractivity contribution in [3.8, 4) is 11.5 Å². The SMILES string of the molecule is COc1ccc(CCN2C(=O)[C@H]3C=C[C@H]3C2=O)cc1OC. The molecule has 5 heteroatoms.